The van der Waals surface area contributed by atoms with E-state index in [-0.39, 0.29) is 0 Å². The van der Waals surface area contributed by atoms with Crippen LogP contribution in [0.1, 0.15) is 0 Å². The number of hydrogen-bond donors (Lipinski definition) is 0. The van der Waals surface area contributed by atoms with Gasteiger partial charge in [-0.2, -0.15) is 0 Å². The summed E-state index contributed by atoms with van der Waals surface area (Å²) in [6.07, 6.45) is 0. The van der Waals surface area contributed by atoms with E-state index >= 15 is 0 Å². The van der Waals surface area contributed by atoms with Crippen molar-refractivity contribution >= 4 is 75.4 Å². The van der Waals surface area contributed by atoms with Crippen LogP contribution >= 0.6 is 0 Å². The van der Waals surface area contributed by atoms with Gasteiger partial charge in [-0.05, 0) is 267 Å². The van der Waals surface area contributed by atoms with Crippen molar-refractivity contribution in [2.24, 2.45) is 0 Å². The minimum atomic E-state index is 1.22. The first-order valence-corrected chi connectivity index (χ1v) is 47.0. The minimum Gasteiger partial charge on any atom is -0.0622 e. The zero-order valence-electron chi connectivity index (χ0n) is 75.1. The van der Waals surface area contributed by atoms with Crippen molar-refractivity contribution in [1.82, 2.24) is 0 Å². The maximum atomic E-state index is 2.43. The second kappa shape index (κ2) is 37.3. The molecule has 25 rings (SSSR count). The molecular weight excluding hydrogens is 1630 g/mol. The largest absolute Gasteiger partial charge is 0.0622 e. The summed E-state index contributed by atoms with van der Waals surface area (Å²) in [6.45, 7) is 0. The van der Waals surface area contributed by atoms with E-state index < -0.39 is 0 Å². The van der Waals surface area contributed by atoms with Crippen LogP contribution in [0.3, 0.4) is 0 Å². The summed E-state index contributed by atoms with van der Waals surface area (Å²) >= 11 is 0. The highest BCUT2D eigenvalue weighted by Gasteiger charge is 2.26. The van der Waals surface area contributed by atoms with Crippen molar-refractivity contribution in [3.05, 3.63) is 558 Å². The van der Waals surface area contributed by atoms with Crippen LogP contribution in [0, 0.1) is 0 Å². The highest BCUT2D eigenvalue weighted by Crippen LogP contribution is 2.53. The normalized spacial score (nSPS) is 11.2. The van der Waals surface area contributed by atoms with Crippen LogP contribution in [0.25, 0.3) is 242 Å². The molecule has 0 saturated carbocycles. The van der Waals surface area contributed by atoms with Crippen LogP contribution in [-0.4, -0.2) is 0 Å². The van der Waals surface area contributed by atoms with Gasteiger partial charge in [-0.25, -0.2) is 0 Å². The topological polar surface area (TPSA) is 0 Å². The Labute approximate surface area is 794 Å². The van der Waals surface area contributed by atoms with E-state index in [4.69, 9.17) is 0 Å². The fourth-order valence-corrected chi connectivity index (χ4v) is 20.7. The Morgan fingerprint density at radius 1 is 0.0735 bits per heavy atom. The zero-order chi connectivity index (χ0) is 90.5. The Morgan fingerprint density at radius 3 is 0.610 bits per heavy atom. The van der Waals surface area contributed by atoms with Gasteiger partial charge in [-0.1, -0.05) is 534 Å². The molecule has 0 fully saturated rings. The molecular formula is C136H92. The van der Waals surface area contributed by atoms with Crippen LogP contribution in [0.15, 0.2) is 558 Å². The van der Waals surface area contributed by atoms with Gasteiger partial charge in [-0.3, -0.25) is 0 Å². The van der Waals surface area contributed by atoms with E-state index in [2.05, 4.69) is 558 Å². The molecule has 0 heteroatoms. The van der Waals surface area contributed by atoms with Crippen molar-refractivity contribution in [3.63, 3.8) is 0 Å². The summed E-state index contributed by atoms with van der Waals surface area (Å²) < 4.78 is 0. The average Bonchev–Trinajstić information content (AvgIpc) is 0.732. The van der Waals surface area contributed by atoms with Gasteiger partial charge >= 0.3 is 0 Å². The Bertz CT molecular complexity index is 8670. The van der Waals surface area contributed by atoms with Crippen LogP contribution in [0.5, 0.6) is 0 Å². The molecule has 25 aromatic carbocycles. The van der Waals surface area contributed by atoms with Gasteiger partial charge in [-0.15, -0.1) is 0 Å². The lowest BCUT2D eigenvalue weighted by Gasteiger charge is -2.21. The molecule has 0 amide bonds. The molecule has 0 aliphatic carbocycles. The van der Waals surface area contributed by atoms with Crippen LogP contribution < -0.4 is 0 Å². The number of rotatable bonds is 15. The maximum absolute atomic E-state index is 2.43. The monoisotopic (exact) mass is 1720 g/mol. The number of benzene rings is 25. The highest BCUT2D eigenvalue weighted by atomic mass is 14.3. The number of fused-ring (bicyclic) bond motifs is 7. The molecule has 0 spiro atoms. The third kappa shape index (κ3) is 16.1. The first-order chi connectivity index (χ1) is 67.5. The van der Waals surface area contributed by atoms with Gasteiger partial charge in [0.15, 0.2) is 0 Å². The van der Waals surface area contributed by atoms with E-state index in [0.29, 0.717) is 0 Å². The Balaban J connectivity index is 0.000000115. The van der Waals surface area contributed by atoms with Crippen molar-refractivity contribution in [3.8, 4) is 167 Å². The molecule has 0 saturated heterocycles. The number of hydrogen-bond acceptors (Lipinski definition) is 0. The Hall–Kier alpha value is -17.7. The summed E-state index contributed by atoms with van der Waals surface area (Å²) in [5, 5.41) is 17.6. The van der Waals surface area contributed by atoms with E-state index in [9.17, 15) is 0 Å². The first kappa shape index (κ1) is 82.7. The van der Waals surface area contributed by atoms with Gasteiger partial charge < -0.3 is 0 Å². The predicted octanol–water partition coefficient (Wildman–Crippen LogP) is 38.1. The summed E-state index contributed by atoms with van der Waals surface area (Å²) in [5.41, 5.74) is 37.1. The fraction of sp³-hybridized carbons (Fsp3) is 0. The molecule has 0 atom stereocenters. The van der Waals surface area contributed by atoms with Gasteiger partial charge in [0.05, 0.1) is 0 Å². The van der Waals surface area contributed by atoms with Crippen LogP contribution in [0.2, 0.25) is 0 Å². The summed E-state index contributed by atoms with van der Waals surface area (Å²) in [6, 6.07) is 203. The second-order valence-electron chi connectivity index (χ2n) is 35.0. The molecule has 0 nitrogen and oxygen atoms in total. The fourth-order valence-electron chi connectivity index (χ4n) is 20.7. The summed E-state index contributed by atoms with van der Waals surface area (Å²) in [7, 11) is 0. The second-order valence-corrected chi connectivity index (χ2v) is 35.0. The SMILES string of the molecule is c1ccc(-c2ccc(-c3c4ccccc4c(-c4ccccc4-c4ccccc4)c4ccc(-c5cccc6ccccc56)cc34)cc2)cc1.c1ccc(-c2ccc(-c3c4ccccc4c(-c4ccccc4-c4ccccc4)c4ccc(-c5ccccc5)cc34)cc2)cc1.c1ccc(-c2cccc(-c3c4ccccc4c(-c4ccccc4-c4ccccc4)c4ccc(-c5ccccc5)cc34)c2)cc1. The summed E-state index contributed by atoms with van der Waals surface area (Å²) in [4.78, 5) is 0. The molecule has 0 aromatic heterocycles. The van der Waals surface area contributed by atoms with Gasteiger partial charge in [0, 0.05) is 0 Å². The lowest BCUT2D eigenvalue weighted by Crippen LogP contribution is -1.93. The Kier molecular flexibility index (Phi) is 22.7. The lowest BCUT2D eigenvalue weighted by atomic mass is 9.82. The molecule has 0 radical (unpaired) electrons. The van der Waals surface area contributed by atoms with Crippen molar-refractivity contribution in [2.45, 2.75) is 0 Å². The molecule has 0 unspecified atom stereocenters. The molecule has 0 aliphatic heterocycles. The molecule has 0 heterocycles. The average molecular weight is 1730 g/mol. The third-order valence-electron chi connectivity index (χ3n) is 27.1. The van der Waals surface area contributed by atoms with Gasteiger partial charge in [0.25, 0.3) is 0 Å². The van der Waals surface area contributed by atoms with E-state index in [1.165, 1.54) is 242 Å². The smallest absolute Gasteiger partial charge is 0.00201 e. The lowest BCUT2D eigenvalue weighted by molar-refractivity contribution is 1.59. The molecule has 0 bridgehead atoms. The predicted molar refractivity (Wildman–Crippen MR) is 583 cm³/mol. The first-order valence-electron chi connectivity index (χ1n) is 47.0. The van der Waals surface area contributed by atoms with E-state index in [0.717, 1.165) is 0 Å². The maximum Gasteiger partial charge on any atom is -0.00201 e. The summed E-state index contributed by atoms with van der Waals surface area (Å²) in [5.74, 6) is 0. The molecule has 636 valence electrons. The Morgan fingerprint density at radius 2 is 0.265 bits per heavy atom. The van der Waals surface area contributed by atoms with Crippen molar-refractivity contribution < 1.29 is 0 Å². The molecule has 25 aromatic rings. The van der Waals surface area contributed by atoms with Gasteiger partial charge in [0.1, 0.15) is 0 Å². The van der Waals surface area contributed by atoms with E-state index in [1.807, 2.05) is 0 Å². The highest BCUT2D eigenvalue weighted by molar-refractivity contribution is 6.27. The van der Waals surface area contributed by atoms with Gasteiger partial charge in [0.2, 0.25) is 0 Å². The van der Waals surface area contributed by atoms with Crippen LogP contribution in [-0.2, 0) is 0 Å². The quantitative estimate of drug-likeness (QED) is 0.0898. The third-order valence-corrected chi connectivity index (χ3v) is 27.1. The minimum absolute atomic E-state index is 1.22. The molecule has 136 heavy (non-hydrogen) atoms. The van der Waals surface area contributed by atoms with E-state index in [1.54, 1.807) is 0 Å². The zero-order valence-corrected chi connectivity index (χ0v) is 75.1. The molecule has 0 N–H and O–H groups in total. The molecule has 0 aliphatic rings. The standard InChI is InChI=1S/C48H32.2C44H30/c1-3-14-33(15-4-1)34-26-28-37(29-27-34)47-43-23-11-12-24-44(43)48(42-22-10-9-21-40(42)35-16-5-2-6-17-35)45-31-30-38(32-46(45)47)41-25-13-19-36-18-7-8-20-39(36)41;1-4-15-31(16-5-1)34-21-14-22-36(29-34)43-39-25-12-13-26-40(39)44(38-24-11-10-23-37(38)33-19-8-3-9-20-33)41-28-27-35(30-42(41)43)32-17-6-2-7-18-32;1-4-14-31(15-5-1)33-24-26-35(27-25-33)43-39-22-12-13-23-40(39)44(38-21-11-10-20-37(38)34-18-8-3-9-19-34)41-29-28-36(30-42(41)43)32-16-6-2-7-17-32/h1-32H;2*1-30H. The van der Waals surface area contributed by atoms with Crippen molar-refractivity contribution in [2.75, 3.05) is 0 Å². The van der Waals surface area contributed by atoms with Crippen molar-refractivity contribution in [1.29, 1.82) is 0 Å². The van der Waals surface area contributed by atoms with Crippen LogP contribution in [0.4, 0.5) is 0 Å².